The van der Waals surface area contributed by atoms with Crippen LogP contribution in [0.15, 0.2) is 4.79 Å². The maximum Gasteiger partial charge on any atom is 0.279 e. The van der Waals surface area contributed by atoms with Crippen LogP contribution in [0.25, 0.3) is 11.0 Å². The summed E-state index contributed by atoms with van der Waals surface area (Å²) in [5, 5.41) is 6.97. The first-order chi connectivity index (χ1) is 17.2. The lowest BCUT2D eigenvalue weighted by Crippen LogP contribution is -2.57. The second kappa shape index (κ2) is 11.2. The summed E-state index contributed by atoms with van der Waals surface area (Å²) in [6.45, 7) is 9.96. The number of aromatic nitrogens is 4. The zero-order valence-electron chi connectivity index (χ0n) is 21.9. The molecule has 0 aliphatic carbocycles. The minimum atomic E-state index is -3.55. The van der Waals surface area contributed by atoms with Gasteiger partial charge in [0, 0.05) is 46.9 Å². The van der Waals surface area contributed by atoms with Crippen molar-refractivity contribution in [3.63, 3.8) is 0 Å². The number of rotatable bonds is 9. The van der Waals surface area contributed by atoms with Crippen LogP contribution in [-0.4, -0.2) is 108 Å². The van der Waals surface area contributed by atoms with Crippen molar-refractivity contribution in [1.29, 1.82) is 0 Å². The van der Waals surface area contributed by atoms with Crippen molar-refractivity contribution < 1.29 is 17.9 Å². The van der Waals surface area contributed by atoms with Gasteiger partial charge < -0.3 is 19.4 Å². The number of nitrogens with one attached hydrogen (secondary N) is 2. The zero-order valence-corrected chi connectivity index (χ0v) is 22.7. The number of methoxy groups -OCH3 is 1. The van der Waals surface area contributed by atoms with Gasteiger partial charge in [-0.25, -0.2) is 13.4 Å². The lowest BCUT2D eigenvalue weighted by Gasteiger charge is -2.40. The number of nitrogens with zero attached hydrogens (tertiary/aromatic N) is 5. The lowest BCUT2D eigenvalue weighted by molar-refractivity contribution is -0.0726. The molecule has 0 radical (unpaired) electrons. The molecule has 4 rings (SSSR count). The van der Waals surface area contributed by atoms with Crippen LogP contribution in [-0.2, 0) is 33.0 Å². The summed E-state index contributed by atoms with van der Waals surface area (Å²) in [5.41, 5.74) is 1.34. The van der Waals surface area contributed by atoms with Crippen molar-refractivity contribution in [2.45, 2.75) is 57.1 Å². The van der Waals surface area contributed by atoms with Gasteiger partial charge in [0.05, 0.1) is 29.6 Å². The van der Waals surface area contributed by atoms with Crippen LogP contribution in [0.5, 0.6) is 0 Å². The standard InChI is InChI=1S/C23H39N7O5S/c1-6-18-19-20(27-28(18)4)22(31)26-21(25-19)17-12-16(13-24-23(17)35-15(3)14-34-5)36(32,33)30-10-8-29(7-2)9-11-30/h15-17,23-24H,6-14H2,1-5H3,(H,25,26,31)/t15-,16?,17?,23?/m1/s1. The summed E-state index contributed by atoms with van der Waals surface area (Å²) in [4.78, 5) is 22.9. The molecule has 2 N–H and O–H groups in total. The molecule has 4 atom stereocenters. The molecular weight excluding hydrogens is 486 g/mol. The molecule has 0 amide bonds. The first-order valence-electron chi connectivity index (χ1n) is 12.7. The van der Waals surface area contributed by atoms with Crippen molar-refractivity contribution >= 4 is 21.1 Å². The second-order valence-electron chi connectivity index (χ2n) is 9.65. The van der Waals surface area contributed by atoms with E-state index in [4.69, 9.17) is 14.5 Å². The van der Waals surface area contributed by atoms with Gasteiger partial charge in [0.25, 0.3) is 5.56 Å². The highest BCUT2D eigenvalue weighted by molar-refractivity contribution is 7.89. The van der Waals surface area contributed by atoms with Gasteiger partial charge in [-0.1, -0.05) is 13.8 Å². The fourth-order valence-electron chi connectivity index (χ4n) is 5.25. The van der Waals surface area contributed by atoms with Crippen LogP contribution < -0.4 is 10.9 Å². The number of sulfonamides is 1. The summed E-state index contributed by atoms with van der Waals surface area (Å²) < 4.78 is 42.0. The Labute approximate surface area is 212 Å². The fraction of sp³-hybridized carbons (Fsp3) is 0.783. The highest BCUT2D eigenvalue weighted by Gasteiger charge is 2.43. The Morgan fingerprint density at radius 2 is 1.89 bits per heavy atom. The Morgan fingerprint density at radius 3 is 2.53 bits per heavy atom. The van der Waals surface area contributed by atoms with Crippen molar-refractivity contribution in [1.82, 2.24) is 34.3 Å². The minimum Gasteiger partial charge on any atom is -0.382 e. The van der Waals surface area contributed by atoms with Crippen LogP contribution >= 0.6 is 0 Å². The number of aromatic amines is 1. The molecule has 0 spiro atoms. The summed E-state index contributed by atoms with van der Waals surface area (Å²) in [7, 11) is -0.155. The van der Waals surface area contributed by atoms with Crippen molar-refractivity contribution in [3.05, 3.63) is 21.9 Å². The largest absolute Gasteiger partial charge is 0.382 e. The maximum atomic E-state index is 13.6. The van der Waals surface area contributed by atoms with E-state index < -0.39 is 27.4 Å². The third kappa shape index (κ3) is 5.36. The molecule has 2 aliphatic rings. The van der Waals surface area contributed by atoms with E-state index in [0.717, 1.165) is 25.3 Å². The Bertz CT molecular complexity index is 1210. The number of hydrogen-bond donors (Lipinski definition) is 2. The molecule has 0 aromatic carbocycles. The van der Waals surface area contributed by atoms with Gasteiger partial charge in [-0.3, -0.25) is 14.8 Å². The number of H-pyrrole nitrogens is 1. The SMILES string of the molecule is CCc1c2nc(C3CC(S(=O)(=O)N4CCN(CC)CC4)CNC3O[C@H](C)COC)[nH]c(=O)c2nn1C. The maximum absolute atomic E-state index is 13.6. The van der Waals surface area contributed by atoms with Gasteiger partial charge in [-0.05, 0) is 26.3 Å². The van der Waals surface area contributed by atoms with Gasteiger partial charge in [-0.2, -0.15) is 9.40 Å². The van der Waals surface area contributed by atoms with Gasteiger partial charge >= 0.3 is 0 Å². The average molecular weight is 526 g/mol. The topological polar surface area (TPSA) is 135 Å². The van der Waals surface area contributed by atoms with Crippen LogP contribution in [0.3, 0.4) is 0 Å². The molecule has 202 valence electrons. The Balaban J connectivity index is 1.66. The summed E-state index contributed by atoms with van der Waals surface area (Å²) in [5.74, 6) is -0.0650. The molecule has 4 heterocycles. The number of aryl methyl sites for hydroxylation is 2. The van der Waals surface area contributed by atoms with Crippen LogP contribution in [0.2, 0.25) is 0 Å². The average Bonchev–Trinajstić information content (AvgIpc) is 3.19. The van der Waals surface area contributed by atoms with Crippen LogP contribution in [0, 0.1) is 0 Å². The lowest BCUT2D eigenvalue weighted by atomic mass is 9.95. The highest BCUT2D eigenvalue weighted by atomic mass is 32.2. The Morgan fingerprint density at radius 1 is 1.17 bits per heavy atom. The van der Waals surface area contributed by atoms with Crippen LogP contribution in [0.4, 0.5) is 0 Å². The number of fused-ring (bicyclic) bond motifs is 1. The molecule has 0 bridgehead atoms. The van der Waals surface area contributed by atoms with E-state index in [1.807, 2.05) is 13.8 Å². The van der Waals surface area contributed by atoms with E-state index in [1.165, 1.54) is 0 Å². The molecule has 36 heavy (non-hydrogen) atoms. The molecule has 0 saturated carbocycles. The third-order valence-electron chi connectivity index (χ3n) is 7.28. The van der Waals surface area contributed by atoms with Crippen molar-refractivity contribution in [2.24, 2.45) is 7.05 Å². The second-order valence-corrected chi connectivity index (χ2v) is 11.9. The van der Waals surface area contributed by atoms with Crippen LogP contribution in [0.1, 0.15) is 44.6 Å². The van der Waals surface area contributed by atoms with Crippen molar-refractivity contribution in [2.75, 3.05) is 53.0 Å². The minimum absolute atomic E-state index is 0.231. The van der Waals surface area contributed by atoms with E-state index in [-0.39, 0.29) is 30.1 Å². The molecule has 2 aromatic rings. The molecule has 2 aromatic heterocycles. The van der Waals surface area contributed by atoms with Gasteiger partial charge in [-0.15, -0.1) is 0 Å². The van der Waals surface area contributed by atoms with Gasteiger partial charge in [0.2, 0.25) is 10.0 Å². The predicted octanol–water partition coefficient (Wildman–Crippen LogP) is 0.00940. The van der Waals surface area contributed by atoms with Crippen molar-refractivity contribution in [3.8, 4) is 0 Å². The molecule has 3 unspecified atom stereocenters. The molecule has 2 fully saturated rings. The van der Waals surface area contributed by atoms with E-state index in [0.29, 0.717) is 37.5 Å². The van der Waals surface area contributed by atoms with E-state index >= 15 is 0 Å². The summed E-state index contributed by atoms with van der Waals surface area (Å²) in [6.07, 6.45) is 0.188. The zero-order chi connectivity index (χ0) is 26.0. The number of ether oxygens (including phenoxy) is 2. The van der Waals surface area contributed by atoms with E-state index in [9.17, 15) is 13.2 Å². The first-order valence-corrected chi connectivity index (χ1v) is 14.2. The van der Waals surface area contributed by atoms with E-state index in [1.54, 1.807) is 23.1 Å². The van der Waals surface area contributed by atoms with Gasteiger partial charge in [0.15, 0.2) is 5.52 Å². The fourth-order valence-corrected chi connectivity index (χ4v) is 7.11. The number of likely N-dealkylation sites (N-methyl/N-ethyl adjacent to an activating group) is 1. The van der Waals surface area contributed by atoms with Gasteiger partial charge in [0.1, 0.15) is 17.6 Å². The molecule has 12 nitrogen and oxygen atoms in total. The Kier molecular flexibility index (Phi) is 8.47. The molecule has 2 aliphatic heterocycles. The molecule has 2 saturated heterocycles. The number of piperazine rings is 1. The summed E-state index contributed by atoms with van der Waals surface area (Å²) in [6, 6.07) is 0. The molecular formula is C23H39N7O5S. The highest BCUT2D eigenvalue weighted by Crippen LogP contribution is 2.32. The monoisotopic (exact) mass is 525 g/mol. The Hall–Kier alpha value is -1.90. The quantitative estimate of drug-likeness (QED) is 0.464. The third-order valence-corrected chi connectivity index (χ3v) is 9.57. The smallest absolute Gasteiger partial charge is 0.279 e. The number of piperidine rings is 1. The molecule has 13 heteroatoms. The normalized spacial score (nSPS) is 25.4. The predicted molar refractivity (Wildman–Crippen MR) is 136 cm³/mol. The number of hydrogen-bond acceptors (Lipinski definition) is 9. The summed E-state index contributed by atoms with van der Waals surface area (Å²) >= 11 is 0. The first kappa shape index (κ1) is 27.1. The van der Waals surface area contributed by atoms with E-state index in [2.05, 4.69) is 27.2 Å².